The first-order valence-electron chi connectivity index (χ1n) is 16.1. The van der Waals surface area contributed by atoms with Gasteiger partial charge in [0.25, 0.3) is 0 Å². The van der Waals surface area contributed by atoms with Crippen molar-refractivity contribution in [1.82, 2.24) is 0 Å². The van der Waals surface area contributed by atoms with Gasteiger partial charge in [-0.2, -0.15) is 0 Å². The molecular formula is C36H42F2O9S. The molecule has 0 saturated heterocycles. The van der Waals surface area contributed by atoms with Gasteiger partial charge in [0.2, 0.25) is 10.9 Å². The number of thioether (sulfide) groups is 1. The standard InChI is InChI=1S/C36H42F2O9S/c1-21-16-23-24-18-26(37)25-17-22(39)11-12-33(25,5)35(24,38)28(40)19-34(23,6)36(21,47-29(41)27-10-9-14-44-27)30(42)48-15-8-7-13-45-31(43)46-20-32(2,3)4/h9-12,14,17,21,23-24,26,28,40H,13,15-16,18-20H2,1-6H3/t21-,23+,24+,26+,28+,33+,34+,35+,36+/m1/s1. The van der Waals surface area contributed by atoms with Crippen LogP contribution in [0, 0.1) is 45.8 Å². The average Bonchev–Trinajstić information content (AvgIpc) is 3.62. The monoisotopic (exact) mass is 688 g/mol. The van der Waals surface area contributed by atoms with Gasteiger partial charge in [0.05, 0.1) is 24.7 Å². The predicted molar refractivity (Wildman–Crippen MR) is 172 cm³/mol. The Hall–Kier alpha value is -3.43. The van der Waals surface area contributed by atoms with E-state index in [2.05, 4.69) is 11.8 Å². The Bertz CT molecular complexity index is 1590. The van der Waals surface area contributed by atoms with Gasteiger partial charge in [-0.3, -0.25) is 9.59 Å². The van der Waals surface area contributed by atoms with Crippen molar-refractivity contribution in [3.8, 4) is 11.8 Å². The number of hydrogen-bond donors (Lipinski definition) is 1. The van der Waals surface area contributed by atoms with Gasteiger partial charge in [-0.15, -0.1) is 0 Å². The van der Waals surface area contributed by atoms with Crippen molar-refractivity contribution in [3.05, 3.63) is 48.0 Å². The maximum Gasteiger partial charge on any atom is 0.509 e. The van der Waals surface area contributed by atoms with Crippen molar-refractivity contribution < 1.29 is 51.7 Å². The van der Waals surface area contributed by atoms with E-state index in [1.165, 1.54) is 37.5 Å². The molecule has 0 amide bonds. The van der Waals surface area contributed by atoms with E-state index in [1.54, 1.807) is 13.8 Å². The van der Waals surface area contributed by atoms with Gasteiger partial charge in [0.15, 0.2) is 23.7 Å². The highest BCUT2D eigenvalue weighted by molar-refractivity contribution is 8.14. The van der Waals surface area contributed by atoms with Gasteiger partial charge >= 0.3 is 12.1 Å². The highest BCUT2D eigenvalue weighted by Crippen LogP contribution is 2.72. The molecule has 0 aromatic carbocycles. The Kier molecular flexibility index (Phi) is 9.56. The minimum absolute atomic E-state index is 0.00499. The molecule has 12 heteroatoms. The molecule has 0 unspecified atom stereocenters. The quantitative estimate of drug-likeness (QED) is 0.272. The summed E-state index contributed by atoms with van der Waals surface area (Å²) in [5.74, 6) is 1.48. The number of aliphatic hydroxyl groups excluding tert-OH is 1. The zero-order valence-electron chi connectivity index (χ0n) is 28.0. The van der Waals surface area contributed by atoms with E-state index >= 15 is 8.78 Å². The zero-order valence-corrected chi connectivity index (χ0v) is 28.8. The Labute approximate surface area is 283 Å². The first-order chi connectivity index (χ1) is 22.4. The fourth-order valence-corrected chi connectivity index (χ4v) is 9.53. The van der Waals surface area contributed by atoms with E-state index < -0.39 is 75.2 Å². The lowest BCUT2D eigenvalue weighted by atomic mass is 9.44. The van der Waals surface area contributed by atoms with Crippen LogP contribution in [0.3, 0.4) is 0 Å². The van der Waals surface area contributed by atoms with Gasteiger partial charge in [0, 0.05) is 22.7 Å². The number of allylic oxidation sites excluding steroid dienone is 4. The highest BCUT2D eigenvalue weighted by Gasteiger charge is 2.78. The van der Waals surface area contributed by atoms with Crippen LogP contribution >= 0.6 is 11.8 Å². The summed E-state index contributed by atoms with van der Waals surface area (Å²) in [6, 6.07) is 2.89. The number of fused-ring (bicyclic) bond motifs is 5. The molecule has 3 saturated carbocycles. The van der Waals surface area contributed by atoms with Crippen LogP contribution in [-0.2, 0) is 23.8 Å². The van der Waals surface area contributed by atoms with Crippen molar-refractivity contribution in [2.24, 2.45) is 34.0 Å². The minimum Gasteiger partial charge on any atom is -0.457 e. The molecule has 4 aliphatic rings. The van der Waals surface area contributed by atoms with Crippen LogP contribution in [0.2, 0.25) is 0 Å². The molecule has 1 N–H and O–H groups in total. The number of halogens is 2. The number of rotatable bonds is 6. The summed E-state index contributed by atoms with van der Waals surface area (Å²) in [5.41, 5.74) is -7.39. The number of ether oxygens (including phenoxy) is 3. The maximum atomic E-state index is 17.7. The summed E-state index contributed by atoms with van der Waals surface area (Å²) in [4.78, 5) is 51.8. The second-order valence-electron chi connectivity index (χ2n) is 14.9. The van der Waals surface area contributed by atoms with Gasteiger partial charge in [0.1, 0.15) is 6.17 Å². The van der Waals surface area contributed by atoms with Crippen LogP contribution in [0.5, 0.6) is 0 Å². The molecule has 0 aliphatic heterocycles. The van der Waals surface area contributed by atoms with Crippen molar-refractivity contribution in [2.45, 2.75) is 84.4 Å². The van der Waals surface area contributed by atoms with Crippen molar-refractivity contribution in [1.29, 1.82) is 0 Å². The molecule has 9 nitrogen and oxygen atoms in total. The minimum atomic E-state index is -2.36. The Morgan fingerprint density at radius 3 is 2.54 bits per heavy atom. The third-order valence-electron chi connectivity index (χ3n) is 10.7. The van der Waals surface area contributed by atoms with Gasteiger partial charge in [-0.25, -0.2) is 18.4 Å². The lowest BCUT2D eigenvalue weighted by molar-refractivity contribution is -0.221. The van der Waals surface area contributed by atoms with Crippen molar-refractivity contribution in [2.75, 3.05) is 19.0 Å². The van der Waals surface area contributed by atoms with Gasteiger partial charge in [-0.1, -0.05) is 64.3 Å². The normalized spacial score (nSPS) is 36.8. The SMILES string of the molecule is C[C@@H]1C[C@H]2[C@@H]3C[C@H](F)C4=CC(=O)C=C[C@]4(C)[C@@]3(F)[C@@H](O)C[C@]2(C)[C@@]1(OC(=O)c1ccco1)C(=O)SCC#CCOC(=O)OCC(C)(C)C. The molecule has 9 atom stereocenters. The molecular weight excluding hydrogens is 646 g/mol. The smallest absolute Gasteiger partial charge is 0.457 e. The number of furan rings is 1. The van der Waals surface area contributed by atoms with E-state index in [9.17, 15) is 24.3 Å². The number of aliphatic hydroxyl groups is 1. The Balaban J connectivity index is 1.43. The molecule has 0 spiro atoms. The fourth-order valence-electron chi connectivity index (χ4n) is 8.53. The first-order valence-corrected chi connectivity index (χ1v) is 17.0. The number of hydrogen-bond acceptors (Lipinski definition) is 10. The molecule has 4 aliphatic carbocycles. The molecule has 1 heterocycles. The molecule has 0 radical (unpaired) electrons. The van der Waals surface area contributed by atoms with Crippen LogP contribution in [-0.4, -0.2) is 70.6 Å². The van der Waals surface area contributed by atoms with Crippen LogP contribution in [0.15, 0.2) is 46.6 Å². The zero-order chi connectivity index (χ0) is 35.3. The molecule has 3 fully saturated rings. The summed E-state index contributed by atoms with van der Waals surface area (Å²) in [5, 5.41) is 11.2. The maximum absolute atomic E-state index is 17.7. The highest BCUT2D eigenvalue weighted by atomic mass is 32.2. The lowest BCUT2D eigenvalue weighted by Gasteiger charge is -2.63. The van der Waals surface area contributed by atoms with Crippen LogP contribution in [0.4, 0.5) is 13.6 Å². The number of esters is 1. The van der Waals surface area contributed by atoms with Crippen molar-refractivity contribution in [3.63, 3.8) is 0 Å². The molecule has 0 bridgehead atoms. The Morgan fingerprint density at radius 2 is 1.88 bits per heavy atom. The lowest BCUT2D eigenvalue weighted by Crippen LogP contribution is -2.70. The predicted octanol–water partition coefficient (Wildman–Crippen LogP) is 6.20. The van der Waals surface area contributed by atoms with E-state index in [0.29, 0.717) is 0 Å². The van der Waals surface area contributed by atoms with Gasteiger partial charge < -0.3 is 23.7 Å². The summed E-state index contributed by atoms with van der Waals surface area (Å²) < 4.78 is 55.0. The summed E-state index contributed by atoms with van der Waals surface area (Å²) >= 11 is 0.791. The topological polar surface area (TPSA) is 129 Å². The molecule has 260 valence electrons. The largest absolute Gasteiger partial charge is 0.509 e. The molecule has 1 aromatic rings. The number of carbonyl (C=O) groups excluding carboxylic acids is 4. The Morgan fingerprint density at radius 1 is 1.15 bits per heavy atom. The number of ketones is 1. The number of carbonyl (C=O) groups is 4. The fraction of sp³-hybridized carbons (Fsp3) is 0.611. The van der Waals surface area contributed by atoms with E-state index in [-0.39, 0.29) is 55.0 Å². The van der Waals surface area contributed by atoms with Crippen LogP contribution in [0.25, 0.3) is 0 Å². The van der Waals surface area contributed by atoms with E-state index in [4.69, 9.17) is 18.6 Å². The summed E-state index contributed by atoms with van der Waals surface area (Å²) in [6.07, 6.45) is 0.377. The van der Waals surface area contributed by atoms with Crippen LogP contribution in [0.1, 0.15) is 71.4 Å². The second-order valence-corrected chi connectivity index (χ2v) is 15.9. The second kappa shape index (κ2) is 12.8. The third-order valence-corrected chi connectivity index (χ3v) is 11.6. The number of alkyl halides is 2. The van der Waals surface area contributed by atoms with Gasteiger partial charge in [-0.05, 0) is 67.4 Å². The third kappa shape index (κ3) is 5.81. The van der Waals surface area contributed by atoms with E-state index in [1.807, 2.05) is 20.8 Å². The molecule has 1 aromatic heterocycles. The van der Waals surface area contributed by atoms with Crippen molar-refractivity contribution >= 4 is 34.8 Å². The molecule has 48 heavy (non-hydrogen) atoms. The molecule has 5 rings (SSSR count). The summed E-state index contributed by atoms with van der Waals surface area (Å²) in [6.45, 7) is 10.5. The van der Waals surface area contributed by atoms with Crippen LogP contribution < -0.4 is 0 Å². The average molecular weight is 689 g/mol. The van der Waals surface area contributed by atoms with E-state index in [0.717, 1.165) is 17.8 Å². The summed E-state index contributed by atoms with van der Waals surface area (Å²) in [7, 11) is 0. The first kappa shape index (κ1) is 35.9.